The summed E-state index contributed by atoms with van der Waals surface area (Å²) in [7, 11) is -8.70. The van der Waals surface area contributed by atoms with Crippen molar-refractivity contribution in [3.8, 4) is 11.4 Å². The normalized spacial score (nSPS) is 14.3. The second-order valence-electron chi connectivity index (χ2n) is 7.69. The van der Waals surface area contributed by atoms with Crippen molar-refractivity contribution in [2.45, 2.75) is 23.6 Å². The Morgan fingerprint density at radius 2 is 1.67 bits per heavy atom. The van der Waals surface area contributed by atoms with Crippen LogP contribution in [0, 0.1) is 6.92 Å². The Bertz CT molecular complexity index is 1710. The molecule has 3 aromatic rings. The van der Waals surface area contributed by atoms with Gasteiger partial charge in [0, 0.05) is 18.3 Å². The van der Waals surface area contributed by atoms with Crippen LogP contribution in [0.5, 0.6) is 5.75 Å². The van der Waals surface area contributed by atoms with E-state index in [4.69, 9.17) is 9.29 Å². The van der Waals surface area contributed by atoms with Crippen molar-refractivity contribution in [3.63, 3.8) is 0 Å². The van der Waals surface area contributed by atoms with Crippen LogP contribution in [0.2, 0.25) is 0 Å². The summed E-state index contributed by atoms with van der Waals surface area (Å²) < 4.78 is 70.8. The lowest BCUT2D eigenvalue weighted by atomic mass is 10.2. The monoisotopic (exact) mass is 531 g/mol. The Hall–Kier alpha value is -3.87. The highest BCUT2D eigenvalue weighted by Crippen LogP contribution is 2.40. The molecule has 1 aliphatic rings. The standard InChI is InChI=1S/C23H21N3O8S2/c1-3-25-20-14-18(36(31,32)33)12-13-21(20)34-22(25)7-5-4-6-19-15(2)24-26(23(19)27)16-8-10-17(11-9-16)35(28,29)30/h5-14,24H,3H2,1-2H3,(H,28,29,30)(H,31,32,33). The van der Waals surface area contributed by atoms with Crippen molar-refractivity contribution in [1.29, 1.82) is 0 Å². The Kier molecular flexibility index (Phi) is 6.52. The number of hydrogen-bond donors (Lipinski definition) is 3. The van der Waals surface area contributed by atoms with Crippen molar-refractivity contribution >= 4 is 32.0 Å². The van der Waals surface area contributed by atoms with Gasteiger partial charge in [-0.15, -0.1) is 5.73 Å². The number of benzene rings is 2. The van der Waals surface area contributed by atoms with Gasteiger partial charge in [0.05, 0.1) is 26.7 Å². The van der Waals surface area contributed by atoms with Gasteiger partial charge < -0.3 is 9.64 Å². The molecule has 2 heterocycles. The maximum atomic E-state index is 12.8. The second kappa shape index (κ2) is 9.30. The van der Waals surface area contributed by atoms with Crippen molar-refractivity contribution < 1.29 is 30.7 Å². The van der Waals surface area contributed by atoms with Gasteiger partial charge in [0.25, 0.3) is 25.8 Å². The molecule has 0 atom stereocenters. The van der Waals surface area contributed by atoms with Crippen molar-refractivity contribution in [2.75, 3.05) is 11.4 Å². The molecule has 0 saturated carbocycles. The fourth-order valence-electron chi connectivity index (χ4n) is 3.62. The molecule has 0 unspecified atom stereocenters. The zero-order chi connectivity index (χ0) is 26.3. The zero-order valence-corrected chi connectivity index (χ0v) is 20.7. The summed E-state index contributed by atoms with van der Waals surface area (Å²) >= 11 is 0. The predicted octanol–water partition coefficient (Wildman–Crippen LogP) is 2.90. The van der Waals surface area contributed by atoms with Crippen LogP contribution in [-0.4, -0.2) is 42.3 Å². The Morgan fingerprint density at radius 3 is 2.28 bits per heavy atom. The van der Waals surface area contributed by atoms with Crippen molar-refractivity contribution in [3.05, 3.63) is 87.8 Å². The fourth-order valence-corrected chi connectivity index (χ4v) is 4.60. The Labute approximate surface area is 206 Å². The van der Waals surface area contributed by atoms with E-state index in [1.54, 1.807) is 17.9 Å². The summed E-state index contributed by atoms with van der Waals surface area (Å²) in [6, 6.07) is 9.17. The van der Waals surface area contributed by atoms with Crippen LogP contribution in [0.1, 0.15) is 18.2 Å². The highest BCUT2D eigenvalue weighted by Gasteiger charge is 2.26. The minimum atomic E-state index is -4.36. The molecule has 1 aliphatic heterocycles. The van der Waals surface area contributed by atoms with E-state index in [0.29, 0.717) is 40.8 Å². The number of aryl methyl sites for hydroxylation is 1. The number of anilines is 1. The lowest BCUT2D eigenvalue weighted by molar-refractivity contribution is 0.440. The van der Waals surface area contributed by atoms with Crippen molar-refractivity contribution in [1.82, 2.24) is 9.78 Å². The molecule has 36 heavy (non-hydrogen) atoms. The van der Waals surface area contributed by atoms with E-state index in [2.05, 4.69) is 10.8 Å². The topological polar surface area (TPSA) is 159 Å². The number of aromatic amines is 1. The highest BCUT2D eigenvalue weighted by molar-refractivity contribution is 7.86. The fraction of sp³-hybridized carbons (Fsp3) is 0.130. The second-order valence-corrected chi connectivity index (χ2v) is 10.5. The predicted molar refractivity (Wildman–Crippen MR) is 131 cm³/mol. The third kappa shape index (κ3) is 4.91. The summed E-state index contributed by atoms with van der Waals surface area (Å²) in [5, 5.41) is 2.90. The summed E-state index contributed by atoms with van der Waals surface area (Å²) in [5.41, 5.74) is 4.24. The van der Waals surface area contributed by atoms with Gasteiger partial charge in [0.15, 0.2) is 5.75 Å². The van der Waals surface area contributed by atoms with Gasteiger partial charge in [-0.1, -0.05) is 0 Å². The van der Waals surface area contributed by atoms with Gasteiger partial charge in [-0.3, -0.25) is 19.0 Å². The Morgan fingerprint density at radius 1 is 1.03 bits per heavy atom. The minimum Gasteiger partial charge on any atom is -0.439 e. The van der Waals surface area contributed by atoms with E-state index in [0.717, 1.165) is 0 Å². The largest absolute Gasteiger partial charge is 0.439 e. The molecule has 3 N–H and O–H groups in total. The minimum absolute atomic E-state index is 0.244. The molecule has 4 rings (SSSR count). The molecule has 0 radical (unpaired) electrons. The maximum absolute atomic E-state index is 12.8. The van der Waals surface area contributed by atoms with E-state index in [1.165, 1.54) is 59.3 Å². The lowest BCUT2D eigenvalue weighted by Gasteiger charge is -2.15. The first-order valence-corrected chi connectivity index (χ1v) is 13.4. The molecule has 11 nitrogen and oxygen atoms in total. The van der Waals surface area contributed by atoms with Gasteiger partial charge >= 0.3 is 0 Å². The summed E-state index contributed by atoms with van der Waals surface area (Å²) in [6.07, 6.45) is 4.61. The van der Waals surface area contributed by atoms with E-state index < -0.39 is 25.8 Å². The van der Waals surface area contributed by atoms with E-state index in [-0.39, 0.29) is 9.79 Å². The SMILES string of the molecule is CCN1C(=CC=C=Cc2c(C)[nH]n(-c3ccc(S(=O)(=O)O)cc3)c2=O)Oc2ccc(S(=O)(=O)O)cc21. The first kappa shape index (κ1) is 25.2. The van der Waals surface area contributed by atoms with Crippen LogP contribution < -0.4 is 15.2 Å². The number of allylic oxidation sites excluding steroid dienone is 2. The lowest BCUT2D eigenvalue weighted by Crippen LogP contribution is -2.19. The van der Waals surface area contributed by atoms with Crippen LogP contribution >= 0.6 is 0 Å². The summed E-state index contributed by atoms with van der Waals surface area (Å²) in [5.74, 6) is 0.834. The number of nitrogens with one attached hydrogen (secondary N) is 1. The molecule has 0 saturated heterocycles. The smallest absolute Gasteiger partial charge is 0.294 e. The van der Waals surface area contributed by atoms with Crippen LogP contribution in [-0.2, 0) is 20.2 Å². The average molecular weight is 532 g/mol. The molecule has 0 bridgehead atoms. The van der Waals surface area contributed by atoms with Crippen LogP contribution in [0.4, 0.5) is 5.69 Å². The van der Waals surface area contributed by atoms with Gasteiger partial charge in [-0.05, 0) is 68.5 Å². The number of H-pyrrole nitrogens is 1. The Balaban J connectivity index is 1.60. The van der Waals surface area contributed by atoms with Crippen LogP contribution in [0.15, 0.2) is 80.8 Å². The summed E-state index contributed by atoms with van der Waals surface area (Å²) in [4.78, 5) is 14.0. The molecule has 0 fully saturated rings. The highest BCUT2D eigenvalue weighted by atomic mass is 32.2. The van der Waals surface area contributed by atoms with Gasteiger partial charge in [-0.2, -0.15) is 16.8 Å². The molecular formula is C23H21N3O8S2. The average Bonchev–Trinajstić information content (AvgIpc) is 3.31. The quantitative estimate of drug-likeness (QED) is 0.321. The van der Waals surface area contributed by atoms with Crippen LogP contribution in [0.25, 0.3) is 11.8 Å². The van der Waals surface area contributed by atoms with E-state index in [1.807, 2.05) is 6.92 Å². The van der Waals surface area contributed by atoms with Crippen molar-refractivity contribution in [2.24, 2.45) is 0 Å². The van der Waals surface area contributed by atoms with Gasteiger partial charge in [0.1, 0.15) is 0 Å². The molecule has 0 aliphatic carbocycles. The summed E-state index contributed by atoms with van der Waals surface area (Å²) in [6.45, 7) is 4.00. The number of ether oxygens (including phenoxy) is 1. The molecule has 0 spiro atoms. The van der Waals surface area contributed by atoms with E-state index >= 15 is 0 Å². The van der Waals surface area contributed by atoms with Gasteiger partial charge in [0.2, 0.25) is 5.88 Å². The zero-order valence-electron chi connectivity index (χ0n) is 19.0. The maximum Gasteiger partial charge on any atom is 0.294 e. The third-order valence-corrected chi connectivity index (χ3v) is 7.09. The van der Waals surface area contributed by atoms with E-state index in [9.17, 15) is 26.2 Å². The molecule has 188 valence electrons. The molecule has 13 heteroatoms. The number of fused-ring (bicyclic) bond motifs is 1. The number of nitrogens with zero attached hydrogens (tertiary/aromatic N) is 2. The molecular weight excluding hydrogens is 510 g/mol. The van der Waals surface area contributed by atoms with Crippen LogP contribution in [0.3, 0.4) is 0 Å². The first-order valence-electron chi connectivity index (χ1n) is 10.5. The number of aromatic nitrogens is 2. The molecule has 1 aromatic heterocycles. The molecule has 2 aromatic carbocycles. The number of hydrogen-bond acceptors (Lipinski definition) is 7. The van der Waals surface area contributed by atoms with Gasteiger partial charge in [-0.25, -0.2) is 4.68 Å². The first-order chi connectivity index (χ1) is 16.9. The molecule has 0 amide bonds. The third-order valence-electron chi connectivity index (χ3n) is 5.38. The number of rotatable bonds is 6.